The smallest absolute Gasteiger partial charge is 0.118 e. The Morgan fingerprint density at radius 3 is 1.62 bits per heavy atom. The average molecular weight is 358 g/mol. The lowest BCUT2D eigenvalue weighted by atomic mass is 9.98. The summed E-state index contributed by atoms with van der Waals surface area (Å²) in [4.78, 5) is 0. The van der Waals surface area contributed by atoms with Crippen molar-refractivity contribution in [3.8, 4) is 11.5 Å². The molecule has 0 aliphatic heterocycles. The number of hydrogen-bond donors (Lipinski definition) is 3. The maximum absolute atomic E-state index is 9.43. The van der Waals surface area contributed by atoms with Crippen molar-refractivity contribution < 1.29 is 14.6 Å². The van der Waals surface area contributed by atoms with Crippen LogP contribution in [-0.2, 0) is 0 Å². The second-order valence-corrected chi connectivity index (χ2v) is 6.55. The molecule has 0 heterocycles. The maximum Gasteiger partial charge on any atom is 0.118 e. The third-order valence-electron chi connectivity index (χ3n) is 4.29. The SMILES string of the molecule is COc1ccc(C(NC[C@@H](C)NCC(C)O)c2ccc(OC)cc2)cc1. The molecule has 3 N–H and O–H groups in total. The minimum atomic E-state index is -0.351. The standard InChI is InChI=1S/C21H30N2O3/c1-15(22-14-16(2)24)13-23-21(17-5-9-19(25-3)10-6-17)18-7-11-20(26-4)12-8-18/h5-12,15-16,21-24H,13-14H2,1-4H3/t15-,16?/m1/s1. The van der Waals surface area contributed by atoms with E-state index >= 15 is 0 Å². The van der Waals surface area contributed by atoms with Gasteiger partial charge in [0.25, 0.3) is 0 Å². The van der Waals surface area contributed by atoms with Crippen LogP contribution in [0, 0.1) is 0 Å². The van der Waals surface area contributed by atoms with Crippen LogP contribution in [0.5, 0.6) is 11.5 Å². The Kier molecular flexibility index (Phi) is 7.91. The number of nitrogens with one attached hydrogen (secondary N) is 2. The maximum atomic E-state index is 9.43. The summed E-state index contributed by atoms with van der Waals surface area (Å²) in [5, 5.41) is 16.4. The van der Waals surface area contributed by atoms with Crippen LogP contribution in [0.1, 0.15) is 31.0 Å². The Hall–Kier alpha value is -2.08. The van der Waals surface area contributed by atoms with Crippen molar-refractivity contribution in [1.29, 1.82) is 0 Å². The predicted octanol–water partition coefficient (Wildman–Crippen LogP) is 2.74. The highest BCUT2D eigenvalue weighted by atomic mass is 16.5. The molecule has 26 heavy (non-hydrogen) atoms. The summed E-state index contributed by atoms with van der Waals surface area (Å²) >= 11 is 0. The van der Waals surface area contributed by atoms with Gasteiger partial charge in [-0.25, -0.2) is 0 Å². The number of ether oxygens (including phenoxy) is 2. The molecule has 0 fully saturated rings. The normalized spacial score (nSPS) is 13.5. The van der Waals surface area contributed by atoms with E-state index < -0.39 is 0 Å². The molecular formula is C21H30N2O3. The van der Waals surface area contributed by atoms with Gasteiger partial charge < -0.3 is 25.2 Å². The summed E-state index contributed by atoms with van der Waals surface area (Å²) in [5.41, 5.74) is 2.33. The molecule has 2 aromatic carbocycles. The minimum absolute atomic E-state index is 0.0580. The minimum Gasteiger partial charge on any atom is -0.497 e. The van der Waals surface area contributed by atoms with E-state index in [4.69, 9.17) is 9.47 Å². The number of benzene rings is 2. The molecule has 5 heteroatoms. The van der Waals surface area contributed by atoms with Crippen molar-refractivity contribution >= 4 is 0 Å². The van der Waals surface area contributed by atoms with Gasteiger partial charge in [0.15, 0.2) is 0 Å². The van der Waals surface area contributed by atoms with Crippen LogP contribution < -0.4 is 20.1 Å². The van der Waals surface area contributed by atoms with Gasteiger partial charge in [-0.3, -0.25) is 0 Å². The van der Waals surface area contributed by atoms with Gasteiger partial charge in [0.2, 0.25) is 0 Å². The molecule has 0 radical (unpaired) electrons. The number of aliphatic hydroxyl groups is 1. The molecule has 0 spiro atoms. The van der Waals surface area contributed by atoms with Crippen LogP contribution in [0.4, 0.5) is 0 Å². The second-order valence-electron chi connectivity index (χ2n) is 6.55. The third kappa shape index (κ3) is 6.02. The van der Waals surface area contributed by atoms with E-state index in [0.717, 1.165) is 18.0 Å². The van der Waals surface area contributed by atoms with Crippen LogP contribution >= 0.6 is 0 Å². The first kappa shape index (κ1) is 20.2. The molecule has 2 aromatic rings. The Bertz CT molecular complexity index is 594. The summed E-state index contributed by atoms with van der Waals surface area (Å²) < 4.78 is 10.5. The van der Waals surface area contributed by atoms with E-state index in [9.17, 15) is 5.11 Å². The molecule has 0 bridgehead atoms. The van der Waals surface area contributed by atoms with Crippen molar-refractivity contribution in [3.05, 3.63) is 59.7 Å². The van der Waals surface area contributed by atoms with Crippen LogP contribution in [0.3, 0.4) is 0 Å². The highest BCUT2D eigenvalue weighted by Crippen LogP contribution is 2.25. The number of rotatable bonds is 10. The van der Waals surface area contributed by atoms with E-state index in [1.165, 1.54) is 11.1 Å². The summed E-state index contributed by atoms with van der Waals surface area (Å²) in [6.07, 6.45) is -0.351. The van der Waals surface area contributed by atoms with Gasteiger partial charge in [0.05, 0.1) is 26.4 Å². The lowest BCUT2D eigenvalue weighted by Crippen LogP contribution is -2.40. The highest BCUT2D eigenvalue weighted by Gasteiger charge is 2.15. The molecule has 1 unspecified atom stereocenters. The Labute approximate surface area is 156 Å². The Balaban J connectivity index is 2.14. The van der Waals surface area contributed by atoms with E-state index in [0.29, 0.717) is 6.54 Å². The molecule has 0 aromatic heterocycles. The molecule has 142 valence electrons. The van der Waals surface area contributed by atoms with Gasteiger partial charge in [-0.2, -0.15) is 0 Å². The van der Waals surface area contributed by atoms with Gasteiger partial charge in [-0.05, 0) is 49.2 Å². The van der Waals surface area contributed by atoms with Crippen molar-refractivity contribution in [2.24, 2.45) is 0 Å². The molecule has 0 aliphatic carbocycles. The van der Waals surface area contributed by atoms with Crippen molar-refractivity contribution in [3.63, 3.8) is 0 Å². The Morgan fingerprint density at radius 1 is 0.769 bits per heavy atom. The van der Waals surface area contributed by atoms with Crippen LogP contribution in [-0.4, -0.2) is 44.6 Å². The largest absolute Gasteiger partial charge is 0.497 e. The fraction of sp³-hybridized carbons (Fsp3) is 0.429. The van der Waals surface area contributed by atoms with Crippen LogP contribution in [0.2, 0.25) is 0 Å². The van der Waals surface area contributed by atoms with Gasteiger partial charge in [-0.15, -0.1) is 0 Å². The third-order valence-corrected chi connectivity index (χ3v) is 4.29. The fourth-order valence-electron chi connectivity index (χ4n) is 2.76. The zero-order chi connectivity index (χ0) is 18.9. The molecule has 0 saturated heterocycles. The van der Waals surface area contributed by atoms with Gasteiger partial charge >= 0.3 is 0 Å². The number of methoxy groups -OCH3 is 2. The average Bonchev–Trinajstić information content (AvgIpc) is 2.67. The fourth-order valence-corrected chi connectivity index (χ4v) is 2.76. The van der Waals surface area contributed by atoms with E-state index in [1.54, 1.807) is 21.1 Å². The van der Waals surface area contributed by atoms with Gasteiger partial charge in [-0.1, -0.05) is 24.3 Å². The number of aliphatic hydroxyl groups excluding tert-OH is 1. The molecule has 2 atom stereocenters. The van der Waals surface area contributed by atoms with Gasteiger partial charge in [0.1, 0.15) is 11.5 Å². The lowest BCUT2D eigenvalue weighted by Gasteiger charge is -2.23. The first-order chi connectivity index (χ1) is 12.5. The summed E-state index contributed by atoms with van der Waals surface area (Å²) in [7, 11) is 3.34. The first-order valence-electron chi connectivity index (χ1n) is 8.96. The monoisotopic (exact) mass is 358 g/mol. The topological polar surface area (TPSA) is 62.8 Å². The number of hydrogen-bond acceptors (Lipinski definition) is 5. The lowest BCUT2D eigenvalue weighted by molar-refractivity contribution is 0.186. The van der Waals surface area contributed by atoms with E-state index in [1.807, 2.05) is 24.3 Å². The zero-order valence-electron chi connectivity index (χ0n) is 16.0. The van der Waals surface area contributed by atoms with E-state index in [2.05, 4.69) is 41.8 Å². The molecule has 2 rings (SSSR count). The predicted molar refractivity (Wildman–Crippen MR) is 105 cm³/mol. The molecule has 0 amide bonds. The second kappa shape index (κ2) is 10.2. The molecular weight excluding hydrogens is 328 g/mol. The first-order valence-corrected chi connectivity index (χ1v) is 8.96. The van der Waals surface area contributed by atoms with Crippen molar-refractivity contribution in [2.75, 3.05) is 27.3 Å². The van der Waals surface area contributed by atoms with Crippen LogP contribution in [0.15, 0.2) is 48.5 Å². The zero-order valence-corrected chi connectivity index (χ0v) is 16.0. The Morgan fingerprint density at radius 2 is 1.23 bits per heavy atom. The summed E-state index contributed by atoms with van der Waals surface area (Å²) in [5.74, 6) is 1.68. The molecule has 0 saturated carbocycles. The van der Waals surface area contributed by atoms with Crippen molar-refractivity contribution in [2.45, 2.75) is 32.0 Å². The molecule has 5 nitrogen and oxygen atoms in total. The van der Waals surface area contributed by atoms with Crippen LogP contribution in [0.25, 0.3) is 0 Å². The quantitative estimate of drug-likeness (QED) is 0.610. The molecule has 0 aliphatic rings. The summed E-state index contributed by atoms with van der Waals surface area (Å²) in [6, 6.07) is 16.5. The van der Waals surface area contributed by atoms with Gasteiger partial charge in [0, 0.05) is 19.1 Å². The van der Waals surface area contributed by atoms with Crippen molar-refractivity contribution in [1.82, 2.24) is 10.6 Å². The highest BCUT2D eigenvalue weighted by molar-refractivity contribution is 5.37. The van der Waals surface area contributed by atoms with E-state index in [-0.39, 0.29) is 18.2 Å². The summed E-state index contributed by atoms with van der Waals surface area (Å²) in [6.45, 7) is 5.24.